The van der Waals surface area contributed by atoms with Crippen LogP contribution >= 0.6 is 23.2 Å². The molecule has 0 aromatic heterocycles. The van der Waals surface area contributed by atoms with Crippen molar-refractivity contribution < 1.29 is 14.3 Å². The van der Waals surface area contributed by atoms with E-state index >= 15 is 0 Å². The van der Waals surface area contributed by atoms with Gasteiger partial charge in [0.25, 0.3) is 5.91 Å². The van der Waals surface area contributed by atoms with Crippen molar-refractivity contribution in [1.82, 2.24) is 5.32 Å². The number of carbonyl (C=O) groups excluding carboxylic acids is 1. The predicted molar refractivity (Wildman–Crippen MR) is 85.1 cm³/mol. The minimum atomic E-state index is -0.283. The quantitative estimate of drug-likeness (QED) is 0.538. The van der Waals surface area contributed by atoms with Gasteiger partial charge in [0.05, 0.1) is 28.8 Å². The lowest BCUT2D eigenvalue weighted by molar-refractivity contribution is 0.0686. The van der Waals surface area contributed by atoms with Crippen LogP contribution in [0.1, 0.15) is 23.2 Å². The van der Waals surface area contributed by atoms with Gasteiger partial charge >= 0.3 is 0 Å². The van der Waals surface area contributed by atoms with Gasteiger partial charge in [-0.1, -0.05) is 23.2 Å². The molecule has 0 spiro atoms. The molecule has 0 fully saturated rings. The van der Waals surface area contributed by atoms with Crippen LogP contribution in [0.2, 0.25) is 10.0 Å². The number of carbonyl (C=O) groups is 1. The maximum atomic E-state index is 12.0. The number of rotatable bonds is 9. The van der Waals surface area contributed by atoms with Crippen molar-refractivity contribution in [3.8, 4) is 0 Å². The van der Waals surface area contributed by atoms with Gasteiger partial charge in [-0.25, -0.2) is 0 Å². The molecule has 0 atom stereocenters. The molecule has 0 aliphatic carbocycles. The van der Waals surface area contributed by atoms with Crippen molar-refractivity contribution in [2.45, 2.75) is 12.8 Å². The first-order chi connectivity index (χ1) is 10.1. The summed E-state index contributed by atoms with van der Waals surface area (Å²) in [7, 11) is 1.63. The lowest BCUT2D eigenvalue weighted by Crippen LogP contribution is -2.25. The molecule has 0 unspecified atom stereocenters. The Kier molecular flexibility index (Phi) is 8.45. The van der Waals surface area contributed by atoms with Crippen LogP contribution < -0.4 is 11.1 Å². The van der Waals surface area contributed by atoms with Gasteiger partial charge in [0.1, 0.15) is 0 Å². The molecule has 7 heteroatoms. The van der Waals surface area contributed by atoms with E-state index < -0.39 is 0 Å². The van der Waals surface area contributed by atoms with Gasteiger partial charge in [0, 0.05) is 25.9 Å². The van der Waals surface area contributed by atoms with E-state index in [4.69, 9.17) is 38.4 Å². The van der Waals surface area contributed by atoms with E-state index in [-0.39, 0.29) is 21.5 Å². The summed E-state index contributed by atoms with van der Waals surface area (Å²) in [6.45, 7) is 2.35. The van der Waals surface area contributed by atoms with E-state index in [2.05, 4.69) is 5.32 Å². The largest absolute Gasteiger partial charge is 0.399 e. The molecule has 21 heavy (non-hydrogen) atoms. The highest BCUT2D eigenvalue weighted by Gasteiger charge is 2.13. The highest BCUT2D eigenvalue weighted by Crippen LogP contribution is 2.28. The third-order valence-corrected chi connectivity index (χ3v) is 3.53. The average Bonchev–Trinajstić information content (AvgIpc) is 2.45. The zero-order valence-corrected chi connectivity index (χ0v) is 13.5. The minimum absolute atomic E-state index is 0.214. The van der Waals surface area contributed by atoms with Crippen LogP contribution in [0.5, 0.6) is 0 Å². The second-order valence-electron chi connectivity index (χ2n) is 4.43. The van der Waals surface area contributed by atoms with Crippen molar-refractivity contribution >= 4 is 34.8 Å². The van der Waals surface area contributed by atoms with E-state index in [1.54, 1.807) is 7.11 Å². The topological polar surface area (TPSA) is 73.6 Å². The van der Waals surface area contributed by atoms with Crippen molar-refractivity contribution in [3.63, 3.8) is 0 Å². The molecule has 0 bridgehead atoms. The van der Waals surface area contributed by atoms with Gasteiger partial charge in [-0.3, -0.25) is 4.79 Å². The standard InChI is InChI=1S/C14H20Cl2N2O3/c1-20-6-7-21-5-3-2-4-18-14(19)11-8-10(17)9-12(15)13(11)16/h8-9H,2-7,17H2,1H3,(H,18,19). The van der Waals surface area contributed by atoms with E-state index in [9.17, 15) is 4.79 Å². The Hall–Kier alpha value is -1.01. The Morgan fingerprint density at radius 3 is 2.71 bits per heavy atom. The number of hydrogen-bond donors (Lipinski definition) is 2. The molecule has 0 saturated heterocycles. The van der Waals surface area contributed by atoms with Gasteiger partial charge in [-0.2, -0.15) is 0 Å². The van der Waals surface area contributed by atoms with Crippen LogP contribution in [0.3, 0.4) is 0 Å². The second-order valence-corrected chi connectivity index (χ2v) is 5.22. The average molecular weight is 335 g/mol. The molecule has 0 radical (unpaired) electrons. The molecule has 0 heterocycles. The van der Waals surface area contributed by atoms with Crippen LogP contribution in [0.15, 0.2) is 12.1 Å². The summed E-state index contributed by atoms with van der Waals surface area (Å²) in [5, 5.41) is 3.26. The van der Waals surface area contributed by atoms with E-state index in [1.807, 2.05) is 0 Å². The van der Waals surface area contributed by atoms with Gasteiger partial charge in [-0.15, -0.1) is 0 Å². The summed E-state index contributed by atoms with van der Waals surface area (Å²) in [6.07, 6.45) is 1.67. The van der Waals surface area contributed by atoms with Gasteiger partial charge in [-0.05, 0) is 25.0 Å². The van der Waals surface area contributed by atoms with Crippen LogP contribution in [-0.4, -0.2) is 39.4 Å². The van der Waals surface area contributed by atoms with Crippen molar-refractivity contribution in [2.75, 3.05) is 39.2 Å². The fraction of sp³-hybridized carbons (Fsp3) is 0.500. The third-order valence-electron chi connectivity index (χ3n) is 2.73. The van der Waals surface area contributed by atoms with E-state index in [0.29, 0.717) is 32.1 Å². The highest BCUT2D eigenvalue weighted by atomic mass is 35.5. The summed E-state index contributed by atoms with van der Waals surface area (Å²) in [6, 6.07) is 3.02. The molecule has 5 nitrogen and oxygen atoms in total. The molecular formula is C14H20Cl2N2O3. The van der Waals surface area contributed by atoms with Crippen molar-refractivity contribution in [1.29, 1.82) is 0 Å². The van der Waals surface area contributed by atoms with E-state index in [1.165, 1.54) is 12.1 Å². The Bertz CT molecular complexity index is 470. The summed E-state index contributed by atoms with van der Waals surface area (Å²) in [5.74, 6) is -0.283. The molecule has 0 aliphatic rings. The number of unbranched alkanes of at least 4 members (excludes halogenated alkanes) is 1. The minimum Gasteiger partial charge on any atom is -0.399 e. The summed E-state index contributed by atoms with van der Waals surface area (Å²) < 4.78 is 10.2. The molecule has 1 aromatic rings. The van der Waals surface area contributed by atoms with Gasteiger partial charge in [0.15, 0.2) is 0 Å². The Morgan fingerprint density at radius 1 is 1.24 bits per heavy atom. The van der Waals surface area contributed by atoms with Gasteiger partial charge in [0.2, 0.25) is 0 Å². The van der Waals surface area contributed by atoms with Crippen LogP contribution in [0, 0.1) is 0 Å². The number of anilines is 1. The zero-order chi connectivity index (χ0) is 15.7. The second kappa shape index (κ2) is 9.84. The SMILES string of the molecule is COCCOCCCCNC(=O)c1cc(N)cc(Cl)c1Cl. The fourth-order valence-electron chi connectivity index (χ4n) is 1.65. The maximum absolute atomic E-state index is 12.0. The Labute approximate surface area is 134 Å². The Morgan fingerprint density at radius 2 is 2.00 bits per heavy atom. The number of methoxy groups -OCH3 is 1. The predicted octanol–water partition coefficient (Wildman–Crippen LogP) is 2.75. The zero-order valence-electron chi connectivity index (χ0n) is 12.0. The van der Waals surface area contributed by atoms with Crippen LogP contribution in [0.4, 0.5) is 5.69 Å². The Balaban J connectivity index is 2.28. The normalized spacial score (nSPS) is 10.6. The number of nitrogens with two attached hydrogens (primary N) is 1. The third kappa shape index (κ3) is 6.52. The lowest BCUT2D eigenvalue weighted by atomic mass is 10.2. The molecule has 1 aromatic carbocycles. The molecule has 1 rings (SSSR count). The molecule has 118 valence electrons. The first kappa shape index (κ1) is 18.0. The van der Waals surface area contributed by atoms with Gasteiger partial charge < -0.3 is 20.5 Å². The molecule has 0 aliphatic heterocycles. The summed E-state index contributed by atoms with van der Waals surface area (Å²) >= 11 is 11.9. The number of hydrogen-bond acceptors (Lipinski definition) is 4. The summed E-state index contributed by atoms with van der Waals surface area (Å²) in [4.78, 5) is 12.0. The smallest absolute Gasteiger partial charge is 0.252 e. The number of ether oxygens (including phenoxy) is 2. The lowest BCUT2D eigenvalue weighted by Gasteiger charge is -2.09. The number of nitrogens with one attached hydrogen (secondary N) is 1. The molecule has 1 amide bonds. The van der Waals surface area contributed by atoms with Crippen molar-refractivity contribution in [2.24, 2.45) is 0 Å². The molecular weight excluding hydrogens is 315 g/mol. The number of halogens is 2. The maximum Gasteiger partial charge on any atom is 0.252 e. The van der Waals surface area contributed by atoms with E-state index in [0.717, 1.165) is 12.8 Å². The number of benzene rings is 1. The number of nitrogen functional groups attached to an aromatic ring is 1. The van der Waals surface area contributed by atoms with Crippen LogP contribution in [-0.2, 0) is 9.47 Å². The number of amides is 1. The monoisotopic (exact) mass is 334 g/mol. The first-order valence-electron chi connectivity index (χ1n) is 6.65. The van der Waals surface area contributed by atoms with Crippen LogP contribution in [0.25, 0.3) is 0 Å². The summed E-state index contributed by atoms with van der Waals surface area (Å²) in [5.41, 5.74) is 6.34. The highest BCUT2D eigenvalue weighted by molar-refractivity contribution is 6.44. The van der Waals surface area contributed by atoms with Crippen molar-refractivity contribution in [3.05, 3.63) is 27.7 Å². The fourth-order valence-corrected chi connectivity index (χ4v) is 2.07. The first-order valence-corrected chi connectivity index (χ1v) is 7.41. The molecule has 3 N–H and O–H groups in total. The molecule has 0 saturated carbocycles.